The van der Waals surface area contributed by atoms with Crippen LogP contribution in [0.3, 0.4) is 0 Å². The van der Waals surface area contributed by atoms with Crippen LogP contribution in [0.15, 0.2) is 18.2 Å². The Hall–Kier alpha value is -1.34. The third-order valence-electron chi connectivity index (χ3n) is 2.34. The van der Waals surface area contributed by atoms with Gasteiger partial charge in [-0.05, 0) is 18.2 Å². The van der Waals surface area contributed by atoms with E-state index in [1.807, 2.05) is 0 Å². The molecule has 1 aromatic rings. The average molecular weight is 302 g/mol. The van der Waals surface area contributed by atoms with Crippen molar-refractivity contribution in [1.29, 1.82) is 0 Å². The molecule has 0 saturated carbocycles. The molecule has 0 radical (unpaired) electrons. The summed E-state index contributed by atoms with van der Waals surface area (Å²) in [5, 5.41) is 0. The summed E-state index contributed by atoms with van der Waals surface area (Å²) >= 11 is 0. The highest BCUT2D eigenvalue weighted by atomic mass is 35.5. The van der Waals surface area contributed by atoms with Gasteiger partial charge in [0, 0.05) is 11.6 Å². The molecule has 1 rings (SSSR count). The van der Waals surface area contributed by atoms with Crippen LogP contribution < -0.4 is 5.73 Å². The number of nitrogens with two attached hydrogens (primary N) is 1. The second-order valence-electron chi connectivity index (χ2n) is 3.62. The highest BCUT2D eigenvalue weighted by molar-refractivity contribution is 5.85. The standard InChI is InChI=1S/C11H11F4NO2.ClH/c1-18-10(17)5-9(16)7-4-6(11(13,14)15)2-3-8(7)12;/h2-4,9H,5,16H2,1H3;1H/t9-;/m0./s1. The molecule has 0 aromatic heterocycles. The van der Waals surface area contributed by atoms with Crippen LogP contribution in [0.2, 0.25) is 0 Å². The Balaban J connectivity index is 0.00000324. The van der Waals surface area contributed by atoms with Crippen LogP contribution in [0, 0.1) is 5.82 Å². The van der Waals surface area contributed by atoms with Gasteiger partial charge in [0.1, 0.15) is 5.82 Å². The van der Waals surface area contributed by atoms with Gasteiger partial charge in [-0.25, -0.2) is 4.39 Å². The van der Waals surface area contributed by atoms with E-state index in [2.05, 4.69) is 4.74 Å². The summed E-state index contributed by atoms with van der Waals surface area (Å²) in [4.78, 5) is 10.9. The largest absolute Gasteiger partial charge is 0.469 e. The van der Waals surface area contributed by atoms with Crippen LogP contribution in [-0.2, 0) is 15.7 Å². The van der Waals surface area contributed by atoms with Crippen LogP contribution in [0.4, 0.5) is 17.6 Å². The van der Waals surface area contributed by atoms with E-state index in [1.54, 1.807) is 0 Å². The maximum Gasteiger partial charge on any atom is 0.416 e. The predicted molar refractivity (Wildman–Crippen MR) is 62.2 cm³/mol. The molecule has 3 nitrogen and oxygen atoms in total. The number of esters is 1. The molecular formula is C11H12ClF4NO2. The molecule has 19 heavy (non-hydrogen) atoms. The molecule has 1 aromatic carbocycles. The van der Waals surface area contributed by atoms with Crippen molar-refractivity contribution in [3.63, 3.8) is 0 Å². The Morgan fingerprint density at radius 1 is 1.42 bits per heavy atom. The lowest BCUT2D eigenvalue weighted by Crippen LogP contribution is -2.18. The van der Waals surface area contributed by atoms with Crippen LogP contribution in [0.25, 0.3) is 0 Å². The zero-order valence-corrected chi connectivity index (χ0v) is 10.6. The van der Waals surface area contributed by atoms with Gasteiger partial charge in [-0.3, -0.25) is 4.79 Å². The first-order chi connectivity index (χ1) is 8.25. The summed E-state index contributed by atoms with van der Waals surface area (Å²) in [6, 6.07) is 0.710. The predicted octanol–water partition coefficient (Wildman–Crippen LogP) is 2.83. The second kappa shape index (κ2) is 6.72. The molecule has 2 N–H and O–H groups in total. The summed E-state index contributed by atoms with van der Waals surface area (Å²) in [5.74, 6) is -1.61. The van der Waals surface area contributed by atoms with Gasteiger partial charge in [0.05, 0.1) is 19.1 Å². The number of alkyl halides is 3. The quantitative estimate of drug-likeness (QED) is 0.690. The number of rotatable bonds is 3. The lowest BCUT2D eigenvalue weighted by atomic mass is 10.0. The van der Waals surface area contributed by atoms with Gasteiger partial charge in [0.25, 0.3) is 0 Å². The molecule has 0 aliphatic carbocycles. The van der Waals surface area contributed by atoms with Gasteiger partial charge < -0.3 is 10.5 Å². The third-order valence-corrected chi connectivity index (χ3v) is 2.34. The second-order valence-corrected chi connectivity index (χ2v) is 3.62. The van der Waals surface area contributed by atoms with Gasteiger partial charge in [-0.2, -0.15) is 13.2 Å². The lowest BCUT2D eigenvalue weighted by molar-refractivity contribution is -0.141. The molecule has 0 aliphatic heterocycles. The third kappa shape index (κ3) is 4.68. The molecule has 0 bridgehead atoms. The van der Waals surface area contributed by atoms with Crippen molar-refractivity contribution in [3.8, 4) is 0 Å². The number of methoxy groups -OCH3 is 1. The van der Waals surface area contributed by atoms with Gasteiger partial charge in [-0.1, -0.05) is 0 Å². The van der Waals surface area contributed by atoms with E-state index in [9.17, 15) is 22.4 Å². The van der Waals surface area contributed by atoms with Crippen molar-refractivity contribution in [3.05, 3.63) is 35.1 Å². The van der Waals surface area contributed by atoms with Crippen molar-refractivity contribution in [2.45, 2.75) is 18.6 Å². The topological polar surface area (TPSA) is 52.3 Å². The van der Waals surface area contributed by atoms with E-state index in [1.165, 1.54) is 0 Å². The number of hydrogen-bond donors (Lipinski definition) is 1. The number of ether oxygens (including phenoxy) is 1. The van der Waals surface area contributed by atoms with E-state index in [-0.39, 0.29) is 18.0 Å². The first kappa shape index (κ1) is 17.7. The SMILES string of the molecule is COC(=O)C[C@H](N)c1cc(C(F)(F)F)ccc1F.Cl. The maximum atomic E-state index is 13.4. The van der Waals surface area contributed by atoms with Crippen LogP contribution in [-0.4, -0.2) is 13.1 Å². The number of halogens is 5. The van der Waals surface area contributed by atoms with Crippen molar-refractivity contribution in [2.24, 2.45) is 5.73 Å². The van der Waals surface area contributed by atoms with E-state index >= 15 is 0 Å². The van der Waals surface area contributed by atoms with E-state index in [0.29, 0.717) is 18.2 Å². The summed E-state index contributed by atoms with van der Waals surface area (Å²) in [5.41, 5.74) is 4.10. The molecule has 0 saturated heterocycles. The number of carbonyl (C=O) groups excluding carboxylic acids is 1. The summed E-state index contributed by atoms with van der Waals surface area (Å²) in [7, 11) is 1.11. The van der Waals surface area contributed by atoms with Gasteiger partial charge in [-0.15, -0.1) is 12.4 Å². The Morgan fingerprint density at radius 3 is 2.47 bits per heavy atom. The molecule has 1 atom stereocenters. The average Bonchev–Trinajstić information content (AvgIpc) is 2.27. The van der Waals surface area contributed by atoms with E-state index in [0.717, 1.165) is 7.11 Å². The van der Waals surface area contributed by atoms with Gasteiger partial charge >= 0.3 is 12.1 Å². The minimum Gasteiger partial charge on any atom is -0.469 e. The number of carbonyl (C=O) groups is 1. The fourth-order valence-corrected chi connectivity index (χ4v) is 1.38. The lowest BCUT2D eigenvalue weighted by Gasteiger charge is -2.14. The Bertz CT molecular complexity index is 451. The van der Waals surface area contributed by atoms with Crippen molar-refractivity contribution < 1.29 is 27.1 Å². The fraction of sp³-hybridized carbons (Fsp3) is 0.364. The van der Waals surface area contributed by atoms with Crippen LogP contribution >= 0.6 is 12.4 Å². The molecular weight excluding hydrogens is 290 g/mol. The highest BCUT2D eigenvalue weighted by Crippen LogP contribution is 2.32. The molecule has 0 aliphatic rings. The Labute approximate surface area is 113 Å². The van der Waals surface area contributed by atoms with E-state index < -0.39 is 36.0 Å². The Kier molecular flexibility index (Phi) is 6.24. The van der Waals surface area contributed by atoms with E-state index in [4.69, 9.17) is 5.73 Å². The van der Waals surface area contributed by atoms with Crippen molar-refractivity contribution in [1.82, 2.24) is 0 Å². The minimum atomic E-state index is -4.59. The molecule has 0 amide bonds. The molecule has 0 fully saturated rings. The maximum absolute atomic E-state index is 13.4. The summed E-state index contributed by atoms with van der Waals surface area (Å²) < 4.78 is 55.0. The molecule has 0 spiro atoms. The van der Waals surface area contributed by atoms with Crippen LogP contribution in [0.5, 0.6) is 0 Å². The number of benzene rings is 1. The van der Waals surface area contributed by atoms with Crippen molar-refractivity contribution in [2.75, 3.05) is 7.11 Å². The minimum absolute atomic E-state index is 0. The number of hydrogen-bond acceptors (Lipinski definition) is 3. The van der Waals surface area contributed by atoms with Crippen LogP contribution in [0.1, 0.15) is 23.6 Å². The molecule has 0 unspecified atom stereocenters. The summed E-state index contributed by atoms with van der Waals surface area (Å²) in [6.45, 7) is 0. The summed E-state index contributed by atoms with van der Waals surface area (Å²) in [6.07, 6.45) is -4.98. The molecule has 8 heteroatoms. The smallest absolute Gasteiger partial charge is 0.416 e. The highest BCUT2D eigenvalue weighted by Gasteiger charge is 2.31. The molecule has 0 heterocycles. The zero-order valence-electron chi connectivity index (χ0n) is 9.83. The monoisotopic (exact) mass is 301 g/mol. The van der Waals surface area contributed by atoms with Gasteiger partial charge in [0.15, 0.2) is 0 Å². The first-order valence-electron chi connectivity index (χ1n) is 4.94. The zero-order chi connectivity index (χ0) is 13.9. The Morgan fingerprint density at radius 2 is 2.00 bits per heavy atom. The van der Waals surface area contributed by atoms with Gasteiger partial charge in [0.2, 0.25) is 0 Å². The first-order valence-corrected chi connectivity index (χ1v) is 4.94. The van der Waals surface area contributed by atoms with Crippen molar-refractivity contribution >= 4 is 18.4 Å². The fourth-order valence-electron chi connectivity index (χ4n) is 1.38. The molecule has 108 valence electrons. The normalized spacial score (nSPS) is 12.5.